The number of hydrogen-bond acceptors (Lipinski definition) is 2. The van der Waals surface area contributed by atoms with Gasteiger partial charge in [-0.25, -0.2) is 0 Å². The summed E-state index contributed by atoms with van der Waals surface area (Å²) in [6.07, 6.45) is 5.18. The molecule has 1 saturated heterocycles. The number of hydrogen-bond donors (Lipinski definition) is 1. The van der Waals surface area contributed by atoms with E-state index in [0.29, 0.717) is 0 Å². The lowest BCUT2D eigenvalue weighted by Crippen LogP contribution is -2.44. The van der Waals surface area contributed by atoms with Gasteiger partial charge in [-0.1, -0.05) is 43.2 Å². The highest BCUT2D eigenvalue weighted by molar-refractivity contribution is 5.22. The second-order valence-corrected chi connectivity index (χ2v) is 6.51. The minimum absolute atomic E-state index is 0.201. The van der Waals surface area contributed by atoms with E-state index in [1.54, 1.807) is 0 Å². The third kappa shape index (κ3) is 4.32. The van der Waals surface area contributed by atoms with Gasteiger partial charge in [0.05, 0.1) is 0 Å². The maximum atomic E-state index is 6.08. The first kappa shape index (κ1) is 14.5. The Morgan fingerprint density at radius 1 is 1.11 bits per heavy atom. The maximum Gasteiger partial charge on any atom is 0.00506 e. The molecule has 1 aromatic rings. The number of benzene rings is 1. The molecule has 0 amide bonds. The first-order chi connectivity index (χ1) is 9.11. The molecule has 0 saturated carbocycles. The Labute approximate surface area is 118 Å². The predicted octanol–water partition coefficient (Wildman–Crippen LogP) is 2.99. The number of aryl methyl sites for hydroxylation is 1. The molecule has 106 valence electrons. The van der Waals surface area contributed by atoms with Gasteiger partial charge in [-0.15, -0.1) is 0 Å². The second kappa shape index (κ2) is 6.53. The molecule has 2 rings (SSSR count). The minimum Gasteiger partial charge on any atom is -0.330 e. The molecule has 1 heterocycles. The molecular weight excluding hydrogens is 232 g/mol. The Bertz CT molecular complexity index is 379. The Morgan fingerprint density at radius 3 is 2.32 bits per heavy atom. The van der Waals surface area contributed by atoms with Crippen molar-refractivity contribution in [2.75, 3.05) is 26.2 Å². The summed E-state index contributed by atoms with van der Waals surface area (Å²) < 4.78 is 0. The maximum absolute atomic E-state index is 6.08. The minimum atomic E-state index is 0.201. The fourth-order valence-electron chi connectivity index (χ4n) is 3.05. The molecule has 2 heteroatoms. The van der Waals surface area contributed by atoms with Gasteiger partial charge in [0, 0.05) is 6.54 Å². The van der Waals surface area contributed by atoms with Crippen molar-refractivity contribution in [3.05, 3.63) is 35.4 Å². The quantitative estimate of drug-likeness (QED) is 0.882. The van der Waals surface area contributed by atoms with Crippen LogP contribution in [0.2, 0.25) is 0 Å². The van der Waals surface area contributed by atoms with Gasteiger partial charge in [-0.05, 0) is 56.8 Å². The lowest BCUT2D eigenvalue weighted by molar-refractivity contribution is 0.145. The van der Waals surface area contributed by atoms with Gasteiger partial charge >= 0.3 is 0 Å². The van der Waals surface area contributed by atoms with E-state index in [9.17, 15) is 0 Å². The molecule has 1 fully saturated rings. The number of nitrogens with two attached hydrogens (primary N) is 1. The van der Waals surface area contributed by atoms with Crippen LogP contribution in [0.3, 0.4) is 0 Å². The molecule has 2 N–H and O–H groups in total. The van der Waals surface area contributed by atoms with E-state index in [4.69, 9.17) is 5.73 Å². The fraction of sp³-hybridized carbons (Fsp3) is 0.647. The smallest absolute Gasteiger partial charge is 0.00506 e. The molecule has 0 aliphatic carbocycles. The molecule has 1 aliphatic heterocycles. The molecule has 1 atom stereocenters. The van der Waals surface area contributed by atoms with Crippen molar-refractivity contribution in [2.24, 2.45) is 11.1 Å². The first-order valence-corrected chi connectivity index (χ1v) is 7.59. The third-order valence-corrected chi connectivity index (χ3v) is 4.30. The molecule has 2 nitrogen and oxygen atoms in total. The molecule has 0 aromatic heterocycles. The highest BCUT2D eigenvalue weighted by atomic mass is 15.1. The summed E-state index contributed by atoms with van der Waals surface area (Å²) in [7, 11) is 0. The van der Waals surface area contributed by atoms with Crippen molar-refractivity contribution in [1.29, 1.82) is 0 Å². The van der Waals surface area contributed by atoms with Crippen molar-refractivity contribution < 1.29 is 0 Å². The van der Waals surface area contributed by atoms with E-state index in [1.165, 1.54) is 43.5 Å². The van der Waals surface area contributed by atoms with Crippen molar-refractivity contribution in [2.45, 2.75) is 39.5 Å². The number of piperidine rings is 1. The van der Waals surface area contributed by atoms with Crippen LogP contribution < -0.4 is 5.73 Å². The number of rotatable bonds is 5. The monoisotopic (exact) mass is 260 g/mol. The Balaban J connectivity index is 1.98. The summed E-state index contributed by atoms with van der Waals surface area (Å²) in [5.41, 5.74) is 9.02. The second-order valence-electron chi connectivity index (χ2n) is 6.51. The number of likely N-dealkylation sites (tertiary alicyclic amines) is 1. The topological polar surface area (TPSA) is 29.3 Å². The zero-order valence-electron chi connectivity index (χ0n) is 12.5. The largest absolute Gasteiger partial charge is 0.330 e. The van der Waals surface area contributed by atoms with Crippen molar-refractivity contribution in [3.63, 3.8) is 0 Å². The summed E-state index contributed by atoms with van der Waals surface area (Å²) in [6.45, 7) is 8.88. The van der Waals surface area contributed by atoms with Crippen LogP contribution in [-0.4, -0.2) is 31.1 Å². The van der Waals surface area contributed by atoms with Crippen LogP contribution in [0, 0.1) is 12.3 Å². The van der Waals surface area contributed by atoms with E-state index < -0.39 is 0 Å². The van der Waals surface area contributed by atoms with Crippen LogP contribution in [0.15, 0.2) is 24.3 Å². The predicted molar refractivity (Wildman–Crippen MR) is 82.3 cm³/mol. The van der Waals surface area contributed by atoms with Crippen LogP contribution in [0.5, 0.6) is 0 Å². The van der Waals surface area contributed by atoms with Crippen molar-refractivity contribution in [3.8, 4) is 0 Å². The van der Waals surface area contributed by atoms with Gasteiger partial charge in [-0.3, -0.25) is 0 Å². The average molecular weight is 260 g/mol. The van der Waals surface area contributed by atoms with Crippen LogP contribution in [0.25, 0.3) is 0 Å². The molecule has 1 unspecified atom stereocenters. The van der Waals surface area contributed by atoms with Gasteiger partial charge in [0.1, 0.15) is 0 Å². The lowest BCUT2D eigenvalue weighted by atomic mass is 9.82. The molecule has 19 heavy (non-hydrogen) atoms. The normalized spacial score (nSPS) is 20.2. The van der Waals surface area contributed by atoms with Crippen molar-refractivity contribution in [1.82, 2.24) is 4.90 Å². The summed E-state index contributed by atoms with van der Waals surface area (Å²) in [4.78, 5) is 2.60. The molecular formula is C17H28N2. The Morgan fingerprint density at radius 2 is 1.74 bits per heavy atom. The van der Waals surface area contributed by atoms with E-state index in [-0.39, 0.29) is 5.41 Å². The van der Waals surface area contributed by atoms with E-state index in [0.717, 1.165) is 19.5 Å². The van der Waals surface area contributed by atoms with E-state index >= 15 is 0 Å². The number of nitrogens with zero attached hydrogens (tertiary/aromatic N) is 1. The zero-order chi connectivity index (χ0) is 13.7. The van der Waals surface area contributed by atoms with Crippen LogP contribution >= 0.6 is 0 Å². The Hall–Kier alpha value is -0.860. The van der Waals surface area contributed by atoms with Crippen LogP contribution in [0.1, 0.15) is 37.3 Å². The molecule has 0 spiro atoms. The van der Waals surface area contributed by atoms with Gasteiger partial charge in [0.25, 0.3) is 0 Å². The molecule has 1 aliphatic rings. The highest BCUT2D eigenvalue weighted by Crippen LogP contribution is 2.24. The highest BCUT2D eigenvalue weighted by Gasteiger charge is 2.26. The van der Waals surface area contributed by atoms with Gasteiger partial charge in [0.2, 0.25) is 0 Å². The standard InChI is InChI=1S/C17H28N2/c1-15-6-8-16(9-7-15)12-17(2,13-18)14-19-10-4-3-5-11-19/h6-9H,3-5,10-14,18H2,1-2H3. The van der Waals surface area contributed by atoms with E-state index in [2.05, 4.69) is 43.0 Å². The fourth-order valence-corrected chi connectivity index (χ4v) is 3.05. The SMILES string of the molecule is Cc1ccc(CC(C)(CN)CN2CCCCC2)cc1. The summed E-state index contributed by atoms with van der Waals surface area (Å²) in [5.74, 6) is 0. The van der Waals surface area contributed by atoms with Gasteiger partial charge < -0.3 is 10.6 Å². The third-order valence-electron chi connectivity index (χ3n) is 4.30. The molecule has 0 bridgehead atoms. The van der Waals surface area contributed by atoms with Crippen LogP contribution in [-0.2, 0) is 6.42 Å². The summed E-state index contributed by atoms with van der Waals surface area (Å²) in [6, 6.07) is 8.90. The Kier molecular flexibility index (Phi) is 5.00. The van der Waals surface area contributed by atoms with Crippen LogP contribution in [0.4, 0.5) is 0 Å². The van der Waals surface area contributed by atoms with Crippen molar-refractivity contribution >= 4 is 0 Å². The molecule has 1 aromatic carbocycles. The van der Waals surface area contributed by atoms with Gasteiger partial charge in [0.15, 0.2) is 0 Å². The van der Waals surface area contributed by atoms with Gasteiger partial charge in [-0.2, -0.15) is 0 Å². The zero-order valence-corrected chi connectivity index (χ0v) is 12.5. The average Bonchev–Trinajstić information content (AvgIpc) is 2.42. The van der Waals surface area contributed by atoms with E-state index in [1.807, 2.05) is 0 Å². The molecule has 0 radical (unpaired) electrons. The summed E-state index contributed by atoms with van der Waals surface area (Å²) >= 11 is 0. The first-order valence-electron chi connectivity index (χ1n) is 7.59. The summed E-state index contributed by atoms with van der Waals surface area (Å²) in [5, 5.41) is 0. The lowest BCUT2D eigenvalue weighted by Gasteiger charge is -2.36.